The second kappa shape index (κ2) is 4.94. The summed E-state index contributed by atoms with van der Waals surface area (Å²) in [7, 11) is 0. The van der Waals surface area contributed by atoms with E-state index >= 15 is 0 Å². The van der Waals surface area contributed by atoms with Gasteiger partial charge < -0.3 is 4.74 Å². The Morgan fingerprint density at radius 2 is 2.00 bits per heavy atom. The molecule has 1 aromatic carbocycles. The summed E-state index contributed by atoms with van der Waals surface area (Å²) in [6.07, 6.45) is 0. The maximum absolute atomic E-state index is 11.6. The first kappa shape index (κ1) is 10.9. The normalized spacial score (nSPS) is 10.1. The Balaban J connectivity index is 1.93. The van der Waals surface area contributed by atoms with Crippen LogP contribution in [0.15, 0.2) is 41.8 Å². The number of ether oxygens (including phenoxy) is 1. The standard InChI is InChI=1S/C13H12O2S/c1-10-4-6-11(7-5-10)15-9-12(14)13-3-2-8-16-13/h2-8H,9H2,1H3. The van der Waals surface area contributed by atoms with Gasteiger partial charge in [0.25, 0.3) is 0 Å². The van der Waals surface area contributed by atoms with Crippen molar-refractivity contribution in [3.63, 3.8) is 0 Å². The summed E-state index contributed by atoms with van der Waals surface area (Å²) in [5, 5.41) is 1.89. The third-order valence-corrected chi connectivity index (χ3v) is 3.10. The molecule has 0 saturated heterocycles. The molecule has 82 valence electrons. The number of Topliss-reactive ketones (excluding diaryl/α,β-unsaturated/α-hetero) is 1. The number of carbonyl (C=O) groups excluding carboxylic acids is 1. The van der Waals surface area contributed by atoms with Gasteiger partial charge in [0.2, 0.25) is 5.78 Å². The molecule has 0 bridgehead atoms. The van der Waals surface area contributed by atoms with Crippen molar-refractivity contribution < 1.29 is 9.53 Å². The van der Waals surface area contributed by atoms with Crippen LogP contribution in [0.5, 0.6) is 5.75 Å². The van der Waals surface area contributed by atoms with Gasteiger partial charge in [0.05, 0.1) is 4.88 Å². The highest BCUT2D eigenvalue weighted by molar-refractivity contribution is 7.12. The van der Waals surface area contributed by atoms with E-state index in [0.29, 0.717) is 0 Å². The lowest BCUT2D eigenvalue weighted by molar-refractivity contribution is 0.0925. The van der Waals surface area contributed by atoms with Crippen LogP contribution in [0, 0.1) is 6.92 Å². The highest BCUT2D eigenvalue weighted by Crippen LogP contribution is 2.13. The van der Waals surface area contributed by atoms with E-state index < -0.39 is 0 Å². The minimum absolute atomic E-state index is 0.0237. The summed E-state index contributed by atoms with van der Waals surface area (Å²) < 4.78 is 5.40. The van der Waals surface area contributed by atoms with Crippen molar-refractivity contribution in [2.45, 2.75) is 6.92 Å². The third-order valence-electron chi connectivity index (χ3n) is 2.19. The average molecular weight is 232 g/mol. The van der Waals surface area contributed by atoms with Crippen LogP contribution in [-0.4, -0.2) is 12.4 Å². The van der Waals surface area contributed by atoms with Crippen molar-refractivity contribution in [2.75, 3.05) is 6.61 Å². The Bertz CT molecular complexity index is 457. The van der Waals surface area contributed by atoms with E-state index in [1.807, 2.05) is 48.7 Å². The van der Waals surface area contributed by atoms with Gasteiger partial charge in [-0.15, -0.1) is 11.3 Å². The lowest BCUT2D eigenvalue weighted by Gasteiger charge is -2.04. The van der Waals surface area contributed by atoms with Gasteiger partial charge in [-0.05, 0) is 30.5 Å². The first-order chi connectivity index (χ1) is 7.75. The highest BCUT2D eigenvalue weighted by Gasteiger charge is 2.07. The highest BCUT2D eigenvalue weighted by atomic mass is 32.1. The Morgan fingerprint density at radius 3 is 2.62 bits per heavy atom. The zero-order chi connectivity index (χ0) is 11.4. The largest absolute Gasteiger partial charge is 0.485 e. The lowest BCUT2D eigenvalue weighted by atomic mass is 10.2. The van der Waals surface area contributed by atoms with Crippen molar-refractivity contribution in [1.29, 1.82) is 0 Å². The predicted octanol–water partition coefficient (Wildman–Crippen LogP) is 3.32. The Kier molecular flexibility index (Phi) is 3.37. The van der Waals surface area contributed by atoms with Gasteiger partial charge in [0, 0.05) is 0 Å². The van der Waals surface area contributed by atoms with Crippen LogP contribution in [-0.2, 0) is 0 Å². The summed E-state index contributed by atoms with van der Waals surface area (Å²) in [5.41, 5.74) is 1.18. The van der Waals surface area contributed by atoms with Crippen LogP contribution < -0.4 is 4.74 Å². The maximum atomic E-state index is 11.6. The molecule has 0 amide bonds. The fourth-order valence-electron chi connectivity index (χ4n) is 1.29. The molecule has 2 aromatic rings. The first-order valence-corrected chi connectivity index (χ1v) is 5.90. The predicted molar refractivity (Wildman–Crippen MR) is 65.3 cm³/mol. The lowest BCUT2D eigenvalue weighted by Crippen LogP contribution is -2.09. The van der Waals surface area contributed by atoms with E-state index in [1.165, 1.54) is 16.9 Å². The van der Waals surface area contributed by atoms with Crippen LogP contribution in [0.4, 0.5) is 0 Å². The zero-order valence-electron chi connectivity index (χ0n) is 8.97. The van der Waals surface area contributed by atoms with Gasteiger partial charge in [0.15, 0.2) is 6.61 Å². The smallest absolute Gasteiger partial charge is 0.210 e. The molecule has 0 unspecified atom stereocenters. The Labute approximate surface area is 98.5 Å². The SMILES string of the molecule is Cc1ccc(OCC(=O)c2cccs2)cc1. The van der Waals surface area contributed by atoms with E-state index in [1.54, 1.807) is 0 Å². The molecule has 0 fully saturated rings. The number of ketones is 1. The second-order valence-electron chi connectivity index (χ2n) is 3.50. The number of carbonyl (C=O) groups is 1. The molecule has 0 aliphatic carbocycles. The van der Waals surface area contributed by atoms with Crippen LogP contribution in [0.1, 0.15) is 15.2 Å². The summed E-state index contributed by atoms with van der Waals surface area (Å²) in [5.74, 6) is 0.756. The molecule has 0 spiro atoms. The van der Waals surface area contributed by atoms with Crippen LogP contribution in [0.2, 0.25) is 0 Å². The van der Waals surface area contributed by atoms with Gasteiger partial charge in [-0.1, -0.05) is 23.8 Å². The van der Waals surface area contributed by atoms with E-state index in [4.69, 9.17) is 4.74 Å². The molecule has 0 radical (unpaired) electrons. The number of aryl methyl sites for hydroxylation is 1. The molecule has 3 heteroatoms. The van der Waals surface area contributed by atoms with Gasteiger partial charge >= 0.3 is 0 Å². The topological polar surface area (TPSA) is 26.3 Å². The zero-order valence-corrected chi connectivity index (χ0v) is 9.79. The summed E-state index contributed by atoms with van der Waals surface area (Å²) in [4.78, 5) is 12.4. The third kappa shape index (κ3) is 2.70. The minimum Gasteiger partial charge on any atom is -0.485 e. The molecule has 16 heavy (non-hydrogen) atoms. The summed E-state index contributed by atoms with van der Waals surface area (Å²) >= 11 is 1.44. The van der Waals surface area contributed by atoms with Crippen LogP contribution in [0.3, 0.4) is 0 Å². The van der Waals surface area contributed by atoms with Gasteiger partial charge in [-0.3, -0.25) is 4.79 Å². The maximum Gasteiger partial charge on any atom is 0.210 e. The van der Waals surface area contributed by atoms with Crippen molar-refractivity contribution in [1.82, 2.24) is 0 Å². The molecule has 0 aliphatic rings. The minimum atomic E-state index is 0.0237. The average Bonchev–Trinajstić information content (AvgIpc) is 2.81. The molecular weight excluding hydrogens is 220 g/mol. The van der Waals surface area contributed by atoms with Gasteiger partial charge in [-0.25, -0.2) is 0 Å². The van der Waals surface area contributed by atoms with Gasteiger partial charge in [-0.2, -0.15) is 0 Å². The first-order valence-electron chi connectivity index (χ1n) is 5.02. The molecular formula is C13H12O2S. The van der Waals surface area contributed by atoms with Crippen molar-refractivity contribution in [2.24, 2.45) is 0 Å². The Morgan fingerprint density at radius 1 is 1.25 bits per heavy atom. The molecule has 1 aromatic heterocycles. The number of thiophene rings is 1. The molecule has 1 heterocycles. The fourth-order valence-corrected chi connectivity index (χ4v) is 1.94. The second-order valence-corrected chi connectivity index (χ2v) is 4.45. The molecule has 0 aliphatic heterocycles. The van der Waals surface area contributed by atoms with E-state index in [0.717, 1.165) is 10.6 Å². The molecule has 2 rings (SSSR count). The van der Waals surface area contributed by atoms with Crippen molar-refractivity contribution in [3.05, 3.63) is 52.2 Å². The fraction of sp³-hybridized carbons (Fsp3) is 0.154. The Hall–Kier alpha value is -1.61. The summed E-state index contributed by atoms with van der Waals surface area (Å²) in [6.45, 7) is 2.12. The number of hydrogen-bond acceptors (Lipinski definition) is 3. The number of rotatable bonds is 4. The number of benzene rings is 1. The molecule has 0 atom stereocenters. The van der Waals surface area contributed by atoms with E-state index in [2.05, 4.69) is 0 Å². The van der Waals surface area contributed by atoms with E-state index in [9.17, 15) is 4.79 Å². The van der Waals surface area contributed by atoms with Gasteiger partial charge in [0.1, 0.15) is 5.75 Å². The van der Waals surface area contributed by atoms with Crippen molar-refractivity contribution in [3.8, 4) is 5.75 Å². The monoisotopic (exact) mass is 232 g/mol. The van der Waals surface area contributed by atoms with Crippen LogP contribution >= 0.6 is 11.3 Å². The van der Waals surface area contributed by atoms with Crippen molar-refractivity contribution >= 4 is 17.1 Å². The molecule has 0 N–H and O–H groups in total. The quantitative estimate of drug-likeness (QED) is 0.756. The number of hydrogen-bond donors (Lipinski definition) is 0. The summed E-state index contributed by atoms with van der Waals surface area (Å²) in [6, 6.07) is 11.3. The van der Waals surface area contributed by atoms with Crippen LogP contribution in [0.25, 0.3) is 0 Å². The van der Waals surface area contributed by atoms with E-state index in [-0.39, 0.29) is 12.4 Å². The molecule has 0 saturated carbocycles. The molecule has 2 nitrogen and oxygen atoms in total.